The van der Waals surface area contributed by atoms with Crippen molar-refractivity contribution in [3.63, 3.8) is 0 Å². The smallest absolute Gasteiger partial charge is 0.161 e. The molecule has 1 spiro atoms. The summed E-state index contributed by atoms with van der Waals surface area (Å²) in [7, 11) is 0. The minimum absolute atomic E-state index is 0.452. The highest BCUT2D eigenvalue weighted by Crippen LogP contribution is 2.43. The minimum Gasteiger partial charge on any atom is -0.332 e. The maximum Gasteiger partial charge on any atom is 0.161 e. The topological polar surface area (TPSA) is 50.2 Å². The van der Waals surface area contributed by atoms with E-state index in [4.69, 9.17) is 16.6 Å². The second kappa shape index (κ2) is 5.41. The molecule has 1 aromatic heterocycles. The van der Waals surface area contributed by atoms with Crippen molar-refractivity contribution in [3.8, 4) is 0 Å². The first kappa shape index (κ1) is 13.8. The van der Waals surface area contributed by atoms with Crippen LogP contribution >= 0.6 is 35.1 Å². The van der Waals surface area contributed by atoms with Crippen LogP contribution in [0.3, 0.4) is 0 Å². The molecule has 1 N–H and O–H groups in total. The maximum absolute atomic E-state index is 6.31. The number of thioether (sulfide) groups is 1. The molecular weight excluding hydrogens is 324 g/mol. The highest BCUT2D eigenvalue weighted by molar-refractivity contribution is 8.14. The van der Waals surface area contributed by atoms with Gasteiger partial charge in [0.1, 0.15) is 11.0 Å². The summed E-state index contributed by atoms with van der Waals surface area (Å²) in [4.78, 5) is 4.76. The number of fused-ring (bicyclic) bond motifs is 1. The maximum atomic E-state index is 6.31. The van der Waals surface area contributed by atoms with E-state index in [1.165, 1.54) is 37.4 Å². The number of aromatic nitrogens is 2. The number of nitrogens with one attached hydrogen (secondary N) is 1. The molecule has 1 fully saturated rings. The van der Waals surface area contributed by atoms with E-state index in [2.05, 4.69) is 14.1 Å². The molecule has 1 aromatic carbocycles. The van der Waals surface area contributed by atoms with Gasteiger partial charge in [0.25, 0.3) is 0 Å². The normalized spacial score (nSPS) is 20.9. The Kier molecular flexibility index (Phi) is 3.55. The Balaban J connectivity index is 1.59. The molecule has 1 aliphatic heterocycles. The van der Waals surface area contributed by atoms with Crippen molar-refractivity contribution < 1.29 is 0 Å². The van der Waals surface area contributed by atoms with Gasteiger partial charge in [-0.15, -0.1) is 0 Å². The van der Waals surface area contributed by atoms with Crippen molar-refractivity contribution in [2.75, 3.05) is 17.6 Å². The summed E-state index contributed by atoms with van der Waals surface area (Å²) < 4.78 is 8.59. The summed E-state index contributed by atoms with van der Waals surface area (Å²) in [5.74, 6) is 1.15. The monoisotopic (exact) mass is 338 g/mol. The zero-order valence-electron chi connectivity index (χ0n) is 11.4. The van der Waals surface area contributed by atoms with Gasteiger partial charge in [0.05, 0.1) is 22.4 Å². The molecule has 0 radical (unpaired) electrons. The minimum atomic E-state index is 0.452. The van der Waals surface area contributed by atoms with E-state index in [9.17, 15) is 0 Å². The number of amidine groups is 1. The molecule has 0 bridgehead atoms. The standard InChI is InChI=1S/C14H15ClN4S2/c15-9-3-4-10-12(19-21-18-10)11(9)17-13-16-7-14(8-20-13)5-1-2-6-14/h3-4H,1-2,5-8H2,(H,16,17). The van der Waals surface area contributed by atoms with E-state index >= 15 is 0 Å². The van der Waals surface area contributed by atoms with Crippen molar-refractivity contribution in [2.24, 2.45) is 10.4 Å². The van der Waals surface area contributed by atoms with Crippen LogP contribution in [0.25, 0.3) is 11.0 Å². The lowest BCUT2D eigenvalue weighted by molar-refractivity contribution is 0.359. The molecule has 0 unspecified atom stereocenters. The van der Waals surface area contributed by atoms with Crippen LogP contribution in [0.1, 0.15) is 25.7 Å². The van der Waals surface area contributed by atoms with Crippen LogP contribution in [0, 0.1) is 5.41 Å². The largest absolute Gasteiger partial charge is 0.332 e. The molecule has 4 rings (SSSR count). The van der Waals surface area contributed by atoms with E-state index < -0.39 is 0 Å². The average molecular weight is 339 g/mol. The lowest BCUT2D eigenvalue weighted by Gasteiger charge is -2.31. The third kappa shape index (κ3) is 2.53. The Morgan fingerprint density at radius 1 is 1.19 bits per heavy atom. The van der Waals surface area contributed by atoms with Gasteiger partial charge in [0.15, 0.2) is 5.17 Å². The lowest BCUT2D eigenvalue weighted by atomic mass is 9.89. The van der Waals surface area contributed by atoms with Gasteiger partial charge in [0.2, 0.25) is 0 Å². The molecule has 21 heavy (non-hydrogen) atoms. The SMILES string of the molecule is Clc1ccc2nsnc2c1NC1=NCC2(CCCC2)CS1. The number of halogens is 1. The van der Waals surface area contributed by atoms with Crippen molar-refractivity contribution in [2.45, 2.75) is 25.7 Å². The van der Waals surface area contributed by atoms with E-state index in [1.807, 2.05) is 23.9 Å². The summed E-state index contributed by atoms with van der Waals surface area (Å²) >= 11 is 9.33. The van der Waals surface area contributed by atoms with E-state index in [0.29, 0.717) is 10.4 Å². The quantitative estimate of drug-likeness (QED) is 0.836. The molecule has 2 aliphatic rings. The molecule has 7 heteroatoms. The highest BCUT2D eigenvalue weighted by atomic mass is 35.5. The summed E-state index contributed by atoms with van der Waals surface area (Å²) in [5.41, 5.74) is 2.99. The molecule has 0 amide bonds. The number of aliphatic imine (C=N–C) groups is 1. The van der Waals surface area contributed by atoms with Crippen LogP contribution in [0.4, 0.5) is 5.69 Å². The van der Waals surface area contributed by atoms with Gasteiger partial charge in [-0.05, 0) is 30.4 Å². The number of nitrogens with zero attached hydrogens (tertiary/aromatic N) is 3. The second-order valence-electron chi connectivity index (χ2n) is 5.80. The van der Waals surface area contributed by atoms with Crippen molar-refractivity contribution in [3.05, 3.63) is 17.2 Å². The first-order valence-corrected chi connectivity index (χ1v) is 9.20. The Bertz CT molecular complexity index is 706. The van der Waals surface area contributed by atoms with E-state index in [0.717, 1.165) is 34.2 Å². The summed E-state index contributed by atoms with van der Waals surface area (Å²) in [5, 5.41) is 4.99. The predicted molar refractivity (Wildman–Crippen MR) is 91.7 cm³/mol. The molecule has 0 saturated heterocycles. The number of rotatable bonds is 1. The first-order valence-electron chi connectivity index (χ1n) is 7.11. The Morgan fingerprint density at radius 3 is 2.81 bits per heavy atom. The van der Waals surface area contributed by atoms with Crippen molar-refractivity contribution >= 4 is 57.0 Å². The summed E-state index contributed by atoms with van der Waals surface area (Å²) in [6.07, 6.45) is 5.36. The van der Waals surface area contributed by atoms with Gasteiger partial charge in [-0.2, -0.15) is 8.75 Å². The first-order chi connectivity index (χ1) is 10.3. The molecule has 1 saturated carbocycles. The van der Waals surface area contributed by atoms with Crippen LogP contribution in [-0.2, 0) is 0 Å². The predicted octanol–water partition coefficient (Wildman–Crippen LogP) is 4.42. The van der Waals surface area contributed by atoms with Crippen molar-refractivity contribution in [1.82, 2.24) is 8.75 Å². The second-order valence-corrected chi connectivity index (χ2v) is 7.70. The van der Waals surface area contributed by atoms with Gasteiger partial charge in [-0.1, -0.05) is 36.2 Å². The molecular formula is C14H15ClN4S2. The van der Waals surface area contributed by atoms with Crippen LogP contribution < -0.4 is 5.32 Å². The van der Waals surface area contributed by atoms with E-state index in [1.54, 1.807) is 0 Å². The Hall–Kier alpha value is -0.850. The van der Waals surface area contributed by atoms with Gasteiger partial charge in [-0.25, -0.2) is 0 Å². The van der Waals surface area contributed by atoms with Gasteiger partial charge < -0.3 is 5.32 Å². The number of hydrogen-bond donors (Lipinski definition) is 1. The van der Waals surface area contributed by atoms with E-state index in [-0.39, 0.29) is 0 Å². The Morgan fingerprint density at radius 2 is 2.05 bits per heavy atom. The fourth-order valence-electron chi connectivity index (χ4n) is 3.11. The lowest BCUT2D eigenvalue weighted by Crippen LogP contribution is -2.30. The molecule has 1 aliphatic carbocycles. The fraction of sp³-hybridized carbons (Fsp3) is 0.500. The highest BCUT2D eigenvalue weighted by Gasteiger charge is 2.36. The van der Waals surface area contributed by atoms with Crippen LogP contribution in [-0.4, -0.2) is 26.2 Å². The zero-order valence-corrected chi connectivity index (χ0v) is 13.8. The molecule has 2 heterocycles. The summed E-state index contributed by atoms with van der Waals surface area (Å²) in [6, 6.07) is 3.76. The number of benzene rings is 1. The third-order valence-corrected chi connectivity index (χ3v) is 6.47. The summed E-state index contributed by atoms with van der Waals surface area (Å²) in [6.45, 7) is 0.936. The molecule has 4 nitrogen and oxygen atoms in total. The Labute approximate surface area is 136 Å². The number of hydrogen-bond acceptors (Lipinski definition) is 6. The molecule has 2 aromatic rings. The molecule has 110 valence electrons. The van der Waals surface area contributed by atoms with Gasteiger partial charge in [-0.3, -0.25) is 4.99 Å². The third-order valence-electron chi connectivity index (χ3n) is 4.35. The average Bonchev–Trinajstić information content (AvgIpc) is 3.14. The zero-order chi connectivity index (χ0) is 14.3. The van der Waals surface area contributed by atoms with Crippen molar-refractivity contribution in [1.29, 1.82) is 0 Å². The van der Waals surface area contributed by atoms with Gasteiger partial charge >= 0.3 is 0 Å². The molecule has 0 atom stereocenters. The van der Waals surface area contributed by atoms with Crippen LogP contribution in [0.15, 0.2) is 17.1 Å². The van der Waals surface area contributed by atoms with Gasteiger partial charge in [0, 0.05) is 12.3 Å². The van der Waals surface area contributed by atoms with Crippen LogP contribution in [0.2, 0.25) is 5.02 Å². The fourth-order valence-corrected chi connectivity index (χ4v) is 5.00. The number of anilines is 1. The van der Waals surface area contributed by atoms with Crippen LogP contribution in [0.5, 0.6) is 0 Å².